The van der Waals surface area contributed by atoms with Gasteiger partial charge >= 0.3 is 0 Å². The van der Waals surface area contributed by atoms with Crippen LogP contribution in [0.15, 0.2) is 66.7 Å². The van der Waals surface area contributed by atoms with Gasteiger partial charge in [-0.1, -0.05) is 18.2 Å². The van der Waals surface area contributed by atoms with E-state index in [1.54, 1.807) is 18.2 Å². The molecule has 1 heterocycles. The van der Waals surface area contributed by atoms with Crippen molar-refractivity contribution in [2.24, 2.45) is 0 Å². The molecule has 6 heteroatoms. The molecule has 0 atom stereocenters. The number of anilines is 1. The minimum atomic E-state index is -0.825. The highest BCUT2D eigenvalue weighted by molar-refractivity contribution is 6.06. The maximum Gasteiger partial charge on any atom is 0.255 e. The number of rotatable bonds is 3. The molecule has 0 aliphatic heterocycles. The Morgan fingerprint density at radius 3 is 2.52 bits per heavy atom. The predicted molar refractivity (Wildman–Crippen MR) is 100 cm³/mol. The average Bonchev–Trinajstić information content (AvgIpc) is 2.99. The second-order valence-corrected chi connectivity index (χ2v) is 6.11. The first-order valence-corrected chi connectivity index (χ1v) is 8.34. The van der Waals surface area contributed by atoms with E-state index < -0.39 is 17.5 Å². The first-order valence-electron chi connectivity index (χ1n) is 8.34. The molecule has 0 aliphatic carbocycles. The summed E-state index contributed by atoms with van der Waals surface area (Å²) >= 11 is 0. The van der Waals surface area contributed by atoms with E-state index in [0.717, 1.165) is 29.2 Å². The number of para-hydroxylation sites is 1. The van der Waals surface area contributed by atoms with Gasteiger partial charge in [0.25, 0.3) is 5.91 Å². The first kappa shape index (κ1) is 16.9. The van der Waals surface area contributed by atoms with Crippen LogP contribution in [-0.2, 0) is 0 Å². The van der Waals surface area contributed by atoms with Crippen molar-refractivity contribution in [3.05, 3.63) is 89.8 Å². The van der Waals surface area contributed by atoms with Crippen molar-refractivity contribution in [3.8, 4) is 5.69 Å². The molecule has 0 saturated carbocycles. The van der Waals surface area contributed by atoms with Gasteiger partial charge < -0.3 is 5.32 Å². The van der Waals surface area contributed by atoms with Crippen molar-refractivity contribution in [3.63, 3.8) is 0 Å². The highest BCUT2D eigenvalue weighted by atomic mass is 19.1. The van der Waals surface area contributed by atoms with Gasteiger partial charge in [-0.25, -0.2) is 13.8 Å². The standard InChI is InChI=1S/C21H15F2N3O/c1-13-24-19-11-14(21(27)25-18-9-8-15(22)12-17(18)23)7-10-20(19)26(13)16-5-3-2-4-6-16/h2-12H,1H3,(H,25,27). The van der Waals surface area contributed by atoms with Crippen molar-refractivity contribution in [1.82, 2.24) is 9.55 Å². The molecule has 0 bridgehead atoms. The molecule has 1 aromatic heterocycles. The van der Waals surface area contributed by atoms with Gasteiger partial charge in [-0.3, -0.25) is 9.36 Å². The van der Waals surface area contributed by atoms with Gasteiger partial charge in [0.05, 0.1) is 16.7 Å². The van der Waals surface area contributed by atoms with Crippen LogP contribution < -0.4 is 5.32 Å². The fourth-order valence-electron chi connectivity index (χ4n) is 3.03. The summed E-state index contributed by atoms with van der Waals surface area (Å²) in [4.78, 5) is 17.0. The number of nitrogens with zero attached hydrogens (tertiary/aromatic N) is 2. The molecule has 0 spiro atoms. The van der Waals surface area contributed by atoms with Crippen LogP contribution in [0.1, 0.15) is 16.2 Å². The largest absolute Gasteiger partial charge is 0.319 e. The molecule has 3 aromatic carbocycles. The number of fused-ring (bicyclic) bond motifs is 1. The lowest BCUT2D eigenvalue weighted by atomic mass is 10.1. The first-order chi connectivity index (χ1) is 13.0. The van der Waals surface area contributed by atoms with E-state index in [1.807, 2.05) is 41.8 Å². The Kier molecular flexibility index (Phi) is 4.16. The number of imidazole rings is 1. The molecule has 0 aliphatic rings. The molecular formula is C21H15F2N3O. The Bertz CT molecular complexity index is 1150. The lowest BCUT2D eigenvalue weighted by molar-refractivity contribution is 0.102. The lowest BCUT2D eigenvalue weighted by Gasteiger charge is -2.08. The van der Waals surface area contributed by atoms with Crippen molar-refractivity contribution >= 4 is 22.6 Å². The van der Waals surface area contributed by atoms with E-state index in [1.165, 1.54) is 6.07 Å². The molecule has 134 valence electrons. The van der Waals surface area contributed by atoms with Crippen LogP contribution in [0.2, 0.25) is 0 Å². The number of aryl methyl sites for hydroxylation is 1. The molecule has 4 rings (SSSR count). The minimum absolute atomic E-state index is 0.0764. The third-order valence-electron chi connectivity index (χ3n) is 4.28. The number of amides is 1. The van der Waals surface area contributed by atoms with Crippen molar-refractivity contribution < 1.29 is 13.6 Å². The third kappa shape index (κ3) is 3.17. The van der Waals surface area contributed by atoms with Crippen LogP contribution in [0.25, 0.3) is 16.7 Å². The SMILES string of the molecule is Cc1nc2cc(C(=O)Nc3ccc(F)cc3F)ccc2n1-c1ccccc1. The highest BCUT2D eigenvalue weighted by Crippen LogP contribution is 2.23. The van der Waals surface area contributed by atoms with E-state index >= 15 is 0 Å². The fourth-order valence-corrected chi connectivity index (χ4v) is 3.03. The molecule has 0 radical (unpaired) electrons. The van der Waals surface area contributed by atoms with Gasteiger partial charge in [0.2, 0.25) is 0 Å². The Hall–Kier alpha value is -3.54. The molecular weight excluding hydrogens is 348 g/mol. The molecule has 0 fully saturated rings. The number of nitrogens with one attached hydrogen (secondary N) is 1. The fraction of sp³-hybridized carbons (Fsp3) is 0.0476. The molecule has 1 amide bonds. The molecule has 4 aromatic rings. The Balaban J connectivity index is 1.69. The monoisotopic (exact) mass is 363 g/mol. The Labute approximate surface area is 154 Å². The van der Waals surface area contributed by atoms with Crippen LogP contribution in [0.5, 0.6) is 0 Å². The number of carbonyl (C=O) groups is 1. The molecule has 0 saturated heterocycles. The number of benzene rings is 3. The zero-order valence-corrected chi connectivity index (χ0v) is 14.4. The van der Waals surface area contributed by atoms with Gasteiger partial charge in [0.1, 0.15) is 17.5 Å². The summed E-state index contributed by atoms with van der Waals surface area (Å²) < 4.78 is 28.7. The molecule has 4 nitrogen and oxygen atoms in total. The van der Waals surface area contributed by atoms with Gasteiger partial charge in [-0.05, 0) is 49.4 Å². The van der Waals surface area contributed by atoms with E-state index in [2.05, 4.69) is 10.3 Å². The van der Waals surface area contributed by atoms with Crippen LogP contribution >= 0.6 is 0 Å². The summed E-state index contributed by atoms with van der Waals surface area (Å²) in [6.07, 6.45) is 0. The lowest BCUT2D eigenvalue weighted by Crippen LogP contribution is -2.13. The molecule has 0 unspecified atom stereocenters. The van der Waals surface area contributed by atoms with Crippen LogP contribution in [0, 0.1) is 18.6 Å². The summed E-state index contributed by atoms with van der Waals surface area (Å²) in [5, 5.41) is 2.46. The van der Waals surface area contributed by atoms with Crippen LogP contribution in [-0.4, -0.2) is 15.5 Å². The zero-order chi connectivity index (χ0) is 19.0. The number of carbonyl (C=O) groups excluding carboxylic acids is 1. The normalized spacial score (nSPS) is 10.9. The van der Waals surface area contributed by atoms with Crippen molar-refractivity contribution in [1.29, 1.82) is 0 Å². The minimum Gasteiger partial charge on any atom is -0.319 e. The van der Waals surface area contributed by atoms with E-state index in [0.29, 0.717) is 11.1 Å². The molecule has 27 heavy (non-hydrogen) atoms. The Morgan fingerprint density at radius 2 is 1.78 bits per heavy atom. The summed E-state index contributed by atoms with van der Waals surface area (Å²) in [6.45, 7) is 1.89. The quantitative estimate of drug-likeness (QED) is 0.565. The number of hydrogen-bond acceptors (Lipinski definition) is 2. The van der Waals surface area contributed by atoms with Gasteiger partial charge in [0.15, 0.2) is 0 Å². The van der Waals surface area contributed by atoms with Gasteiger partial charge in [-0.2, -0.15) is 0 Å². The van der Waals surface area contributed by atoms with Gasteiger partial charge in [-0.15, -0.1) is 0 Å². The maximum atomic E-state index is 13.8. The second kappa shape index (κ2) is 6.64. The average molecular weight is 363 g/mol. The number of aromatic nitrogens is 2. The summed E-state index contributed by atoms with van der Waals surface area (Å²) in [5.41, 5.74) is 2.76. The second-order valence-electron chi connectivity index (χ2n) is 6.11. The van der Waals surface area contributed by atoms with Crippen LogP contribution in [0.4, 0.5) is 14.5 Å². The van der Waals surface area contributed by atoms with E-state index in [9.17, 15) is 13.6 Å². The summed E-state index contributed by atoms with van der Waals surface area (Å²) in [5.74, 6) is -1.23. The summed E-state index contributed by atoms with van der Waals surface area (Å²) in [6, 6.07) is 17.9. The number of hydrogen-bond donors (Lipinski definition) is 1. The smallest absolute Gasteiger partial charge is 0.255 e. The van der Waals surface area contributed by atoms with E-state index in [4.69, 9.17) is 0 Å². The Morgan fingerprint density at radius 1 is 1.00 bits per heavy atom. The highest BCUT2D eigenvalue weighted by Gasteiger charge is 2.14. The number of halogens is 2. The zero-order valence-electron chi connectivity index (χ0n) is 14.4. The maximum absolute atomic E-state index is 13.8. The van der Waals surface area contributed by atoms with E-state index in [-0.39, 0.29) is 5.69 Å². The molecule has 1 N–H and O–H groups in total. The van der Waals surface area contributed by atoms with Crippen LogP contribution in [0.3, 0.4) is 0 Å². The predicted octanol–water partition coefficient (Wildman–Crippen LogP) is 4.86. The summed E-state index contributed by atoms with van der Waals surface area (Å²) in [7, 11) is 0. The van der Waals surface area contributed by atoms with Crippen molar-refractivity contribution in [2.75, 3.05) is 5.32 Å². The topological polar surface area (TPSA) is 46.9 Å². The van der Waals surface area contributed by atoms with Crippen molar-refractivity contribution in [2.45, 2.75) is 6.92 Å². The third-order valence-corrected chi connectivity index (χ3v) is 4.28. The van der Waals surface area contributed by atoms with Gasteiger partial charge in [0, 0.05) is 17.3 Å².